The zero-order chi connectivity index (χ0) is 28.6. The molecule has 9 nitrogen and oxygen atoms in total. The smallest absolute Gasteiger partial charge is 0.247 e. The Bertz CT molecular complexity index is 1150. The summed E-state index contributed by atoms with van der Waals surface area (Å²) < 4.78 is 12.4. The number of hydrogen-bond donors (Lipinski definition) is 3. The van der Waals surface area contributed by atoms with E-state index in [1.54, 1.807) is 23.1 Å². The first kappa shape index (κ1) is 29.3. The molecule has 0 saturated heterocycles. The number of rotatable bonds is 10. The number of aliphatic hydroxyl groups is 2. The van der Waals surface area contributed by atoms with Crippen LogP contribution in [-0.4, -0.2) is 78.3 Å². The van der Waals surface area contributed by atoms with E-state index < -0.39 is 18.2 Å². The van der Waals surface area contributed by atoms with E-state index in [2.05, 4.69) is 5.32 Å². The minimum absolute atomic E-state index is 0.0558. The number of carbonyl (C=O) groups is 3. The molecule has 5 aliphatic rings. The summed E-state index contributed by atoms with van der Waals surface area (Å²) in [5, 5.41) is 23.7. The van der Waals surface area contributed by atoms with Crippen molar-refractivity contribution in [1.82, 2.24) is 10.2 Å². The second-order valence-corrected chi connectivity index (χ2v) is 13.4. The maximum Gasteiger partial charge on any atom is 0.247 e. The minimum atomic E-state index is -1.10. The van der Waals surface area contributed by atoms with Crippen LogP contribution in [0.4, 0.5) is 0 Å². The number of aliphatic hydroxyl groups excluding tert-OH is 2. The molecule has 0 spiro atoms. The molecule has 4 fully saturated rings. The number of nitrogens with zero attached hydrogens (tertiary/aromatic N) is 1. The van der Waals surface area contributed by atoms with E-state index in [4.69, 9.17) is 9.47 Å². The van der Waals surface area contributed by atoms with Gasteiger partial charge in [-0.1, -0.05) is 0 Å². The Hall–Kier alpha value is -2.18. The third-order valence-corrected chi connectivity index (χ3v) is 10.1. The second kappa shape index (κ2) is 12.0. The molecule has 4 saturated carbocycles. The molecular weight excluding hydrogens is 627 g/mol. The number of methoxy groups -OCH3 is 1. The fraction of sp³-hybridized carbons (Fsp3) is 0.633. The average Bonchev–Trinajstić information content (AvgIpc) is 2.91. The molecule has 0 heterocycles. The van der Waals surface area contributed by atoms with E-state index in [1.807, 2.05) is 22.6 Å². The second-order valence-electron chi connectivity index (χ2n) is 12.2. The molecule has 10 heteroatoms. The van der Waals surface area contributed by atoms with Crippen molar-refractivity contribution >= 4 is 40.7 Å². The van der Waals surface area contributed by atoms with Crippen molar-refractivity contribution in [3.8, 4) is 11.5 Å². The van der Waals surface area contributed by atoms with Crippen LogP contribution in [0, 0.1) is 26.7 Å². The monoisotopic (exact) mass is 666 g/mol. The molecule has 3 unspecified atom stereocenters. The standard InChI is InChI=1S/C30H39IN2O7/c1-17(36)33(16-30-12-18-5-19(13-30)7-20(6-18)14-30)24-10-22(29(38)32-3-4-34)11-25(27(24)37)40-28-23(31)8-21(15-35)9-26(28)39-2/h8-9,11,15,18-20,24-25,27,34,37H,3-7,10,12-14,16H2,1-2H3,(H,32,38). The van der Waals surface area contributed by atoms with Gasteiger partial charge >= 0.3 is 0 Å². The van der Waals surface area contributed by atoms with Gasteiger partial charge in [0.05, 0.1) is 23.3 Å². The quantitative estimate of drug-likeness (QED) is 0.259. The van der Waals surface area contributed by atoms with Crippen molar-refractivity contribution in [3.63, 3.8) is 0 Å². The van der Waals surface area contributed by atoms with Gasteiger partial charge in [-0.25, -0.2) is 0 Å². The van der Waals surface area contributed by atoms with Gasteiger partial charge in [0.2, 0.25) is 11.8 Å². The fourth-order valence-corrected chi connectivity index (χ4v) is 8.90. The summed E-state index contributed by atoms with van der Waals surface area (Å²) >= 11 is 2.05. The van der Waals surface area contributed by atoms with Gasteiger partial charge in [0.1, 0.15) is 18.5 Å². The summed E-state index contributed by atoms with van der Waals surface area (Å²) in [6, 6.07) is 2.56. The number of nitrogens with one attached hydrogen (secondary N) is 1. The van der Waals surface area contributed by atoms with Crippen LogP contribution in [-0.2, 0) is 9.59 Å². The molecule has 0 radical (unpaired) electrons. The van der Waals surface area contributed by atoms with Crippen molar-refractivity contribution in [2.75, 3.05) is 26.8 Å². The van der Waals surface area contributed by atoms with E-state index >= 15 is 0 Å². The first-order valence-corrected chi connectivity index (χ1v) is 15.3. The van der Waals surface area contributed by atoms with Crippen molar-refractivity contribution in [2.45, 2.75) is 70.1 Å². The predicted molar refractivity (Wildman–Crippen MR) is 156 cm³/mol. The molecule has 2 amide bonds. The highest BCUT2D eigenvalue weighted by Gasteiger charge is 2.53. The van der Waals surface area contributed by atoms with Crippen molar-refractivity contribution in [1.29, 1.82) is 0 Å². The van der Waals surface area contributed by atoms with Gasteiger partial charge in [0.25, 0.3) is 0 Å². The number of ether oxygens (including phenoxy) is 2. The Balaban J connectivity index is 1.46. The van der Waals surface area contributed by atoms with Crippen molar-refractivity contribution < 1.29 is 34.1 Å². The SMILES string of the molecule is COc1cc(C=O)cc(I)c1OC1C=C(C(=O)NCCO)CC(N(CC23CC4CC(CC(C4)C2)C3)C(C)=O)C1O. The zero-order valence-electron chi connectivity index (χ0n) is 23.1. The normalized spacial score (nSPS) is 32.3. The van der Waals surface area contributed by atoms with Crippen LogP contribution in [0.1, 0.15) is 62.2 Å². The molecule has 218 valence electrons. The minimum Gasteiger partial charge on any atom is -0.493 e. The van der Waals surface area contributed by atoms with Gasteiger partial charge in [-0.05, 0) is 102 Å². The highest BCUT2D eigenvalue weighted by atomic mass is 127. The van der Waals surface area contributed by atoms with E-state index in [1.165, 1.54) is 33.3 Å². The van der Waals surface area contributed by atoms with Crippen LogP contribution < -0.4 is 14.8 Å². The molecule has 4 bridgehead atoms. The fourth-order valence-electron chi connectivity index (χ4n) is 8.14. The maximum absolute atomic E-state index is 13.2. The van der Waals surface area contributed by atoms with Crippen molar-refractivity contribution in [2.24, 2.45) is 23.2 Å². The Morgan fingerprint density at radius 2 is 1.82 bits per heavy atom. The van der Waals surface area contributed by atoms with Gasteiger partial charge in [0.15, 0.2) is 11.5 Å². The molecule has 6 rings (SSSR count). The number of hydrogen-bond acceptors (Lipinski definition) is 7. The van der Waals surface area contributed by atoms with Gasteiger partial charge in [-0.15, -0.1) is 0 Å². The van der Waals surface area contributed by atoms with E-state index in [0.717, 1.165) is 43.3 Å². The summed E-state index contributed by atoms with van der Waals surface area (Å²) in [5.74, 6) is 2.34. The summed E-state index contributed by atoms with van der Waals surface area (Å²) in [5.41, 5.74) is 0.873. The molecule has 1 aromatic carbocycles. The van der Waals surface area contributed by atoms with Gasteiger partial charge in [-0.3, -0.25) is 14.4 Å². The van der Waals surface area contributed by atoms with Crippen molar-refractivity contribution in [3.05, 3.63) is 32.9 Å². The Labute approximate surface area is 248 Å². The first-order valence-electron chi connectivity index (χ1n) is 14.2. The molecule has 5 aliphatic carbocycles. The van der Waals surface area contributed by atoms with E-state index in [-0.39, 0.29) is 36.8 Å². The van der Waals surface area contributed by atoms with Crippen LogP contribution in [0.15, 0.2) is 23.8 Å². The average molecular weight is 667 g/mol. The molecule has 0 aliphatic heterocycles. The molecule has 0 aromatic heterocycles. The van der Waals surface area contributed by atoms with E-state index in [9.17, 15) is 24.6 Å². The maximum atomic E-state index is 13.2. The number of benzene rings is 1. The lowest BCUT2D eigenvalue weighted by Gasteiger charge is -2.58. The number of aldehydes is 1. The predicted octanol–water partition coefficient (Wildman–Crippen LogP) is 3.09. The Morgan fingerprint density at radius 1 is 1.18 bits per heavy atom. The third kappa shape index (κ3) is 5.90. The molecule has 40 heavy (non-hydrogen) atoms. The summed E-state index contributed by atoms with van der Waals surface area (Å²) in [6.07, 6.45) is 7.68. The highest BCUT2D eigenvalue weighted by Crippen LogP contribution is 2.60. The number of halogens is 1. The third-order valence-electron chi connectivity index (χ3n) is 9.33. The van der Waals surface area contributed by atoms with E-state index in [0.29, 0.717) is 32.8 Å². The lowest BCUT2D eigenvalue weighted by molar-refractivity contribution is -0.144. The highest BCUT2D eigenvalue weighted by molar-refractivity contribution is 14.1. The summed E-state index contributed by atoms with van der Waals surface area (Å²) in [7, 11) is 1.47. The molecule has 3 atom stereocenters. The number of carbonyl (C=O) groups excluding carboxylic acids is 3. The largest absolute Gasteiger partial charge is 0.493 e. The topological polar surface area (TPSA) is 125 Å². The summed E-state index contributed by atoms with van der Waals surface area (Å²) in [6.45, 7) is 2.00. The van der Waals surface area contributed by atoms with Crippen LogP contribution >= 0.6 is 22.6 Å². The first-order chi connectivity index (χ1) is 19.1. The van der Waals surface area contributed by atoms with Crippen LogP contribution in [0.3, 0.4) is 0 Å². The lowest BCUT2D eigenvalue weighted by atomic mass is 9.49. The van der Waals surface area contributed by atoms with Crippen LogP contribution in [0.5, 0.6) is 11.5 Å². The Morgan fingerprint density at radius 3 is 2.38 bits per heavy atom. The van der Waals surface area contributed by atoms with Crippen LogP contribution in [0.2, 0.25) is 0 Å². The zero-order valence-corrected chi connectivity index (χ0v) is 25.3. The lowest BCUT2D eigenvalue weighted by Crippen LogP contribution is -2.59. The Kier molecular flexibility index (Phi) is 8.77. The van der Waals surface area contributed by atoms with Gasteiger partial charge in [0, 0.05) is 37.6 Å². The van der Waals surface area contributed by atoms with Gasteiger partial charge < -0.3 is 29.9 Å². The molecule has 1 aromatic rings. The van der Waals surface area contributed by atoms with Crippen LogP contribution in [0.25, 0.3) is 0 Å². The molecule has 3 N–H and O–H groups in total. The summed E-state index contributed by atoms with van der Waals surface area (Å²) in [4.78, 5) is 39.5. The number of amides is 2. The van der Waals surface area contributed by atoms with Gasteiger partial charge in [-0.2, -0.15) is 0 Å². The molecular formula is C30H39IN2O7.